The molecule has 4 aromatic rings. The molecule has 0 bridgehead atoms. The number of urea groups is 1. The molecule has 0 radical (unpaired) electrons. The molecule has 4 aromatic carbocycles. The lowest BCUT2D eigenvalue weighted by molar-refractivity contribution is -0.122. The number of amides is 4. The van der Waals surface area contributed by atoms with Gasteiger partial charge in [0.25, 0.3) is 11.8 Å². The van der Waals surface area contributed by atoms with Crippen LogP contribution in [0.1, 0.15) is 21.5 Å². The third kappa shape index (κ3) is 4.72. The van der Waals surface area contributed by atoms with Crippen molar-refractivity contribution in [3.8, 4) is 5.75 Å². The number of aromatic carboxylic acids is 1. The van der Waals surface area contributed by atoms with E-state index in [1.54, 1.807) is 12.1 Å². The van der Waals surface area contributed by atoms with E-state index in [-0.39, 0.29) is 23.4 Å². The van der Waals surface area contributed by atoms with Crippen LogP contribution in [0.25, 0.3) is 16.8 Å². The van der Waals surface area contributed by atoms with E-state index in [4.69, 9.17) is 21.4 Å². The van der Waals surface area contributed by atoms with E-state index in [2.05, 4.69) is 5.32 Å². The molecule has 38 heavy (non-hydrogen) atoms. The summed E-state index contributed by atoms with van der Waals surface area (Å²) in [5.41, 5.74) is 1.05. The molecule has 4 amide bonds. The van der Waals surface area contributed by atoms with Crippen LogP contribution in [-0.2, 0) is 16.2 Å². The van der Waals surface area contributed by atoms with Crippen molar-refractivity contribution in [1.29, 1.82) is 0 Å². The molecular weight excluding hydrogens is 508 g/mol. The van der Waals surface area contributed by atoms with Gasteiger partial charge in [-0.3, -0.25) is 14.9 Å². The number of rotatable bonds is 6. The number of benzene rings is 4. The number of imide groups is 2. The molecule has 2 N–H and O–H groups in total. The number of nitrogens with zero attached hydrogens (tertiary/aromatic N) is 1. The van der Waals surface area contributed by atoms with Crippen molar-refractivity contribution in [3.05, 3.63) is 112 Å². The largest absolute Gasteiger partial charge is 0.488 e. The van der Waals surface area contributed by atoms with Gasteiger partial charge in [-0.25, -0.2) is 14.5 Å². The van der Waals surface area contributed by atoms with Gasteiger partial charge in [0.05, 0.1) is 11.3 Å². The minimum Gasteiger partial charge on any atom is -0.488 e. The molecule has 0 aromatic heterocycles. The number of carbonyl (C=O) groups is 4. The van der Waals surface area contributed by atoms with E-state index in [1.807, 2.05) is 48.5 Å². The zero-order chi connectivity index (χ0) is 26.8. The van der Waals surface area contributed by atoms with Crippen LogP contribution in [0.2, 0.25) is 5.02 Å². The van der Waals surface area contributed by atoms with Crippen molar-refractivity contribution >= 4 is 58.0 Å². The Balaban J connectivity index is 1.57. The third-order valence-electron chi connectivity index (χ3n) is 6.03. The maximum atomic E-state index is 13.4. The number of carbonyl (C=O) groups excluding carboxylic acids is 3. The summed E-state index contributed by atoms with van der Waals surface area (Å²) in [5, 5.41) is 13.4. The maximum Gasteiger partial charge on any atom is 0.335 e. The SMILES string of the molecule is O=C1NC(=O)N(c2ccc(C(=O)O)cc2)C(=O)/C1=C/c1c(OCc2ccccc2Cl)ccc2ccccc12. The number of nitrogens with one attached hydrogen (secondary N) is 1. The molecular formula is C29H19ClN2O6. The van der Waals surface area contributed by atoms with Crippen molar-refractivity contribution in [1.82, 2.24) is 5.32 Å². The van der Waals surface area contributed by atoms with Gasteiger partial charge in [0.1, 0.15) is 17.9 Å². The second kappa shape index (κ2) is 10.2. The van der Waals surface area contributed by atoms with Crippen molar-refractivity contribution in [3.63, 3.8) is 0 Å². The number of barbiturate groups is 1. The molecule has 1 heterocycles. The fourth-order valence-corrected chi connectivity index (χ4v) is 4.30. The zero-order valence-corrected chi connectivity index (χ0v) is 20.4. The first-order valence-electron chi connectivity index (χ1n) is 11.5. The summed E-state index contributed by atoms with van der Waals surface area (Å²) in [5.74, 6) is -2.46. The van der Waals surface area contributed by atoms with Gasteiger partial charge >= 0.3 is 12.0 Å². The number of carboxylic acids is 1. The molecule has 0 atom stereocenters. The lowest BCUT2D eigenvalue weighted by atomic mass is 9.99. The highest BCUT2D eigenvalue weighted by atomic mass is 35.5. The van der Waals surface area contributed by atoms with Crippen LogP contribution in [0, 0.1) is 0 Å². The average Bonchev–Trinajstić information content (AvgIpc) is 2.91. The molecule has 0 unspecified atom stereocenters. The van der Waals surface area contributed by atoms with E-state index in [0.29, 0.717) is 16.3 Å². The third-order valence-corrected chi connectivity index (χ3v) is 6.40. The minimum atomic E-state index is -1.15. The van der Waals surface area contributed by atoms with Crippen molar-refractivity contribution in [2.24, 2.45) is 0 Å². The van der Waals surface area contributed by atoms with Gasteiger partial charge in [0.2, 0.25) is 0 Å². The topological polar surface area (TPSA) is 113 Å². The summed E-state index contributed by atoms with van der Waals surface area (Å²) >= 11 is 6.27. The van der Waals surface area contributed by atoms with Gasteiger partial charge in [-0.05, 0) is 53.2 Å². The van der Waals surface area contributed by atoms with Crippen molar-refractivity contribution in [2.75, 3.05) is 4.90 Å². The quantitative estimate of drug-likeness (QED) is 0.255. The Bertz CT molecular complexity index is 1640. The Labute approximate surface area is 221 Å². The van der Waals surface area contributed by atoms with E-state index in [0.717, 1.165) is 21.2 Å². The summed E-state index contributed by atoms with van der Waals surface area (Å²) in [4.78, 5) is 50.8. The van der Waals surface area contributed by atoms with Crippen LogP contribution in [0.15, 0.2) is 90.5 Å². The molecule has 188 valence electrons. The molecule has 1 aliphatic heterocycles. The highest BCUT2D eigenvalue weighted by Gasteiger charge is 2.37. The molecule has 1 saturated heterocycles. The second-order valence-corrected chi connectivity index (χ2v) is 8.80. The first kappa shape index (κ1) is 24.7. The van der Waals surface area contributed by atoms with E-state index >= 15 is 0 Å². The molecule has 0 spiro atoms. The van der Waals surface area contributed by atoms with Crippen LogP contribution in [0.4, 0.5) is 10.5 Å². The van der Waals surface area contributed by atoms with Gasteiger partial charge in [0.15, 0.2) is 0 Å². The van der Waals surface area contributed by atoms with Crippen LogP contribution >= 0.6 is 11.6 Å². The number of ether oxygens (including phenoxy) is 1. The van der Waals surface area contributed by atoms with Gasteiger partial charge in [-0.2, -0.15) is 0 Å². The van der Waals surface area contributed by atoms with Gasteiger partial charge in [0, 0.05) is 16.1 Å². The maximum absolute atomic E-state index is 13.4. The highest BCUT2D eigenvalue weighted by molar-refractivity contribution is 6.39. The number of fused-ring (bicyclic) bond motifs is 1. The van der Waals surface area contributed by atoms with Crippen molar-refractivity contribution in [2.45, 2.75) is 6.61 Å². The van der Waals surface area contributed by atoms with E-state index < -0.39 is 23.8 Å². The first-order chi connectivity index (χ1) is 18.3. The normalized spacial score (nSPS) is 14.6. The Kier molecular flexibility index (Phi) is 6.64. The van der Waals surface area contributed by atoms with Crippen LogP contribution in [-0.4, -0.2) is 28.9 Å². The Morgan fingerprint density at radius 3 is 2.37 bits per heavy atom. The summed E-state index contributed by atoms with van der Waals surface area (Å²) in [6.07, 6.45) is 1.40. The number of hydrogen-bond donors (Lipinski definition) is 2. The molecule has 0 saturated carbocycles. The van der Waals surface area contributed by atoms with E-state index in [9.17, 15) is 19.2 Å². The standard InChI is InChI=1S/C29H19ClN2O6/c30-24-8-4-2-6-19(24)16-38-25-14-11-17-5-1-3-7-21(17)22(25)15-23-26(33)31-29(37)32(27(23)34)20-12-9-18(10-13-20)28(35)36/h1-15H,16H2,(H,35,36)(H,31,33,37)/b23-15+. The predicted molar refractivity (Wildman–Crippen MR) is 142 cm³/mol. The fourth-order valence-electron chi connectivity index (χ4n) is 4.11. The summed E-state index contributed by atoms with van der Waals surface area (Å²) in [6, 6.07) is 22.5. The first-order valence-corrected chi connectivity index (χ1v) is 11.8. The number of carboxylic acid groups (broad SMARTS) is 1. The number of halogens is 1. The lowest BCUT2D eigenvalue weighted by Crippen LogP contribution is -2.54. The Morgan fingerprint density at radius 2 is 1.63 bits per heavy atom. The zero-order valence-electron chi connectivity index (χ0n) is 19.7. The summed E-state index contributed by atoms with van der Waals surface area (Å²) in [7, 11) is 0. The van der Waals surface area contributed by atoms with E-state index in [1.165, 1.54) is 30.3 Å². The number of hydrogen-bond acceptors (Lipinski definition) is 5. The predicted octanol–water partition coefficient (Wildman–Crippen LogP) is 5.44. The average molecular weight is 527 g/mol. The minimum absolute atomic E-state index is 0.0125. The highest BCUT2D eigenvalue weighted by Crippen LogP contribution is 2.33. The summed E-state index contributed by atoms with van der Waals surface area (Å²) in [6.45, 7) is 0.148. The second-order valence-electron chi connectivity index (χ2n) is 8.39. The molecule has 5 rings (SSSR count). The van der Waals surface area contributed by atoms with Crippen LogP contribution in [0.3, 0.4) is 0 Å². The molecule has 1 aliphatic rings. The smallest absolute Gasteiger partial charge is 0.335 e. The van der Waals surface area contributed by atoms with Crippen LogP contribution in [0.5, 0.6) is 5.75 Å². The van der Waals surface area contributed by atoms with Crippen molar-refractivity contribution < 1.29 is 29.0 Å². The monoisotopic (exact) mass is 526 g/mol. The Hall–Kier alpha value is -4.95. The number of anilines is 1. The Morgan fingerprint density at radius 1 is 0.921 bits per heavy atom. The fraction of sp³-hybridized carbons (Fsp3) is 0.0345. The van der Waals surface area contributed by atoms with Gasteiger partial charge < -0.3 is 9.84 Å². The van der Waals surface area contributed by atoms with Gasteiger partial charge in [-0.1, -0.05) is 60.1 Å². The lowest BCUT2D eigenvalue weighted by Gasteiger charge is -2.26. The molecule has 1 fully saturated rings. The van der Waals surface area contributed by atoms with Gasteiger partial charge in [-0.15, -0.1) is 0 Å². The molecule has 8 nitrogen and oxygen atoms in total. The van der Waals surface area contributed by atoms with Crippen LogP contribution < -0.4 is 15.0 Å². The molecule has 0 aliphatic carbocycles. The summed E-state index contributed by atoms with van der Waals surface area (Å²) < 4.78 is 6.08. The molecule has 9 heteroatoms.